The number of morpholine rings is 1. The van der Waals surface area contributed by atoms with Crippen molar-refractivity contribution in [3.05, 3.63) is 29.8 Å². The summed E-state index contributed by atoms with van der Waals surface area (Å²) in [5.74, 6) is 0.343. The maximum absolute atomic E-state index is 11.9. The van der Waals surface area contributed by atoms with E-state index in [0.29, 0.717) is 32.1 Å². The third-order valence-electron chi connectivity index (χ3n) is 3.04. The number of hydrogen-bond donors (Lipinski definition) is 1. The molecule has 0 unspecified atom stereocenters. The molecule has 0 aliphatic carbocycles. The summed E-state index contributed by atoms with van der Waals surface area (Å²) in [6.07, 6.45) is 1.53. The lowest BCUT2D eigenvalue weighted by Gasteiger charge is -2.26. The molecule has 1 fully saturated rings. The molecule has 1 aromatic carbocycles. The number of benzene rings is 1. The van der Waals surface area contributed by atoms with E-state index in [1.807, 2.05) is 0 Å². The van der Waals surface area contributed by atoms with Crippen LogP contribution in [0.5, 0.6) is 5.75 Å². The maximum Gasteiger partial charge on any atom is 0.260 e. The van der Waals surface area contributed by atoms with Gasteiger partial charge in [-0.25, -0.2) is 5.43 Å². The van der Waals surface area contributed by atoms with Gasteiger partial charge in [-0.05, 0) is 29.8 Å². The molecule has 0 atom stereocenters. The summed E-state index contributed by atoms with van der Waals surface area (Å²) in [6, 6.07) is 7.09. The lowest BCUT2D eigenvalue weighted by atomic mass is 10.2. The highest BCUT2D eigenvalue weighted by molar-refractivity contribution is 5.82. The Morgan fingerprint density at radius 2 is 2.00 bits per heavy atom. The van der Waals surface area contributed by atoms with Crippen LogP contribution in [0.15, 0.2) is 29.4 Å². The van der Waals surface area contributed by atoms with Crippen LogP contribution in [-0.2, 0) is 14.3 Å². The SMILES string of the molecule is CC(=O)N/N=C\c1ccc(OCC(=O)N2CCOCC2)cc1. The molecule has 1 heterocycles. The Bertz CT molecular complexity index is 536. The molecule has 7 heteroatoms. The van der Waals surface area contributed by atoms with E-state index in [0.717, 1.165) is 5.56 Å². The van der Waals surface area contributed by atoms with Gasteiger partial charge in [-0.3, -0.25) is 9.59 Å². The average Bonchev–Trinajstić information content (AvgIpc) is 2.54. The molecule has 118 valence electrons. The minimum absolute atomic E-state index is 0.0132. The predicted octanol–water partition coefficient (Wildman–Crippen LogP) is 0.394. The van der Waals surface area contributed by atoms with Crippen LogP contribution in [0.25, 0.3) is 0 Å². The molecule has 0 saturated carbocycles. The van der Waals surface area contributed by atoms with Crippen molar-refractivity contribution in [2.24, 2.45) is 5.10 Å². The molecule has 1 N–H and O–H groups in total. The highest BCUT2D eigenvalue weighted by Gasteiger charge is 2.16. The standard InChI is InChI=1S/C15H19N3O4/c1-12(19)17-16-10-13-2-4-14(5-3-13)22-11-15(20)18-6-8-21-9-7-18/h2-5,10H,6-9,11H2,1H3,(H,17,19)/b16-10-. The third kappa shape index (κ3) is 5.17. The van der Waals surface area contributed by atoms with E-state index in [1.54, 1.807) is 29.2 Å². The van der Waals surface area contributed by atoms with E-state index in [9.17, 15) is 9.59 Å². The monoisotopic (exact) mass is 305 g/mol. The Morgan fingerprint density at radius 1 is 1.32 bits per heavy atom. The van der Waals surface area contributed by atoms with E-state index in [-0.39, 0.29) is 18.4 Å². The Balaban J connectivity index is 1.79. The second kappa shape index (κ2) is 8.14. The first-order chi connectivity index (χ1) is 10.6. The molecule has 0 aromatic heterocycles. The first-order valence-electron chi connectivity index (χ1n) is 7.03. The van der Waals surface area contributed by atoms with Crippen LogP contribution < -0.4 is 10.2 Å². The summed E-state index contributed by atoms with van der Waals surface area (Å²) in [5.41, 5.74) is 3.14. The lowest BCUT2D eigenvalue weighted by Crippen LogP contribution is -2.42. The molecule has 22 heavy (non-hydrogen) atoms. The van der Waals surface area contributed by atoms with Crippen LogP contribution in [0, 0.1) is 0 Å². The van der Waals surface area contributed by atoms with Crippen molar-refractivity contribution in [3.8, 4) is 5.75 Å². The Hall–Kier alpha value is -2.41. The minimum atomic E-state index is -0.224. The van der Waals surface area contributed by atoms with Crippen LogP contribution in [0.1, 0.15) is 12.5 Å². The molecular formula is C15H19N3O4. The quantitative estimate of drug-likeness (QED) is 0.630. The summed E-state index contributed by atoms with van der Waals surface area (Å²) in [6.45, 7) is 3.78. The van der Waals surface area contributed by atoms with Crippen LogP contribution in [-0.4, -0.2) is 55.8 Å². The number of amides is 2. The number of rotatable bonds is 5. The molecule has 1 saturated heterocycles. The minimum Gasteiger partial charge on any atom is -0.484 e. The fraction of sp³-hybridized carbons (Fsp3) is 0.400. The number of nitrogens with one attached hydrogen (secondary N) is 1. The van der Waals surface area contributed by atoms with Gasteiger partial charge in [0.2, 0.25) is 5.91 Å². The first kappa shape index (κ1) is 16.0. The second-order valence-electron chi connectivity index (χ2n) is 4.78. The largest absolute Gasteiger partial charge is 0.484 e. The van der Waals surface area contributed by atoms with Crippen LogP contribution in [0.3, 0.4) is 0 Å². The number of ether oxygens (including phenoxy) is 2. The molecule has 2 rings (SSSR count). The predicted molar refractivity (Wildman–Crippen MR) is 80.7 cm³/mol. The number of carbonyl (C=O) groups is 2. The highest BCUT2D eigenvalue weighted by atomic mass is 16.5. The van der Waals surface area contributed by atoms with Crippen molar-refractivity contribution in [2.75, 3.05) is 32.9 Å². The van der Waals surface area contributed by atoms with Crippen molar-refractivity contribution < 1.29 is 19.1 Å². The second-order valence-corrected chi connectivity index (χ2v) is 4.78. The van der Waals surface area contributed by atoms with E-state index in [4.69, 9.17) is 9.47 Å². The topological polar surface area (TPSA) is 80.2 Å². The number of hydrazone groups is 1. The summed E-state index contributed by atoms with van der Waals surface area (Å²) in [5, 5.41) is 3.77. The third-order valence-corrected chi connectivity index (χ3v) is 3.04. The molecule has 0 bridgehead atoms. The van der Waals surface area contributed by atoms with Crippen LogP contribution in [0.2, 0.25) is 0 Å². The van der Waals surface area contributed by atoms with Gasteiger partial charge in [0, 0.05) is 20.0 Å². The van der Waals surface area contributed by atoms with Gasteiger partial charge in [0.25, 0.3) is 5.91 Å². The Labute approximate surface area is 128 Å². The van der Waals surface area contributed by atoms with Crippen molar-refractivity contribution in [3.63, 3.8) is 0 Å². The summed E-state index contributed by atoms with van der Waals surface area (Å²) in [4.78, 5) is 24.3. The molecule has 1 aliphatic rings. The lowest BCUT2D eigenvalue weighted by molar-refractivity contribution is -0.137. The molecule has 0 radical (unpaired) electrons. The zero-order chi connectivity index (χ0) is 15.8. The van der Waals surface area contributed by atoms with Gasteiger partial charge in [0.05, 0.1) is 19.4 Å². The van der Waals surface area contributed by atoms with Crippen molar-refractivity contribution >= 4 is 18.0 Å². The van der Waals surface area contributed by atoms with Crippen molar-refractivity contribution in [2.45, 2.75) is 6.92 Å². The molecular weight excluding hydrogens is 286 g/mol. The van der Waals surface area contributed by atoms with E-state index >= 15 is 0 Å². The number of carbonyl (C=O) groups excluding carboxylic acids is 2. The van der Waals surface area contributed by atoms with E-state index in [1.165, 1.54) is 13.1 Å². The number of nitrogens with zero attached hydrogens (tertiary/aromatic N) is 2. The summed E-state index contributed by atoms with van der Waals surface area (Å²) in [7, 11) is 0. The molecule has 2 amide bonds. The Morgan fingerprint density at radius 3 is 2.64 bits per heavy atom. The van der Waals surface area contributed by atoms with Gasteiger partial charge >= 0.3 is 0 Å². The van der Waals surface area contributed by atoms with Crippen LogP contribution in [0.4, 0.5) is 0 Å². The zero-order valence-corrected chi connectivity index (χ0v) is 12.4. The fourth-order valence-electron chi connectivity index (χ4n) is 1.90. The summed E-state index contributed by atoms with van der Waals surface area (Å²) >= 11 is 0. The fourth-order valence-corrected chi connectivity index (χ4v) is 1.90. The highest BCUT2D eigenvalue weighted by Crippen LogP contribution is 2.11. The van der Waals surface area contributed by atoms with Gasteiger partial charge in [-0.1, -0.05) is 0 Å². The maximum atomic E-state index is 11.9. The van der Waals surface area contributed by atoms with Gasteiger partial charge in [0.15, 0.2) is 6.61 Å². The first-order valence-corrected chi connectivity index (χ1v) is 7.03. The zero-order valence-electron chi connectivity index (χ0n) is 12.4. The van der Waals surface area contributed by atoms with E-state index in [2.05, 4.69) is 10.5 Å². The van der Waals surface area contributed by atoms with Crippen LogP contribution >= 0.6 is 0 Å². The van der Waals surface area contributed by atoms with Crippen molar-refractivity contribution in [1.82, 2.24) is 10.3 Å². The average molecular weight is 305 g/mol. The van der Waals surface area contributed by atoms with Crippen molar-refractivity contribution in [1.29, 1.82) is 0 Å². The Kier molecular flexibility index (Phi) is 5.91. The molecule has 7 nitrogen and oxygen atoms in total. The van der Waals surface area contributed by atoms with Gasteiger partial charge in [0.1, 0.15) is 5.75 Å². The van der Waals surface area contributed by atoms with E-state index < -0.39 is 0 Å². The van der Waals surface area contributed by atoms with Gasteiger partial charge in [-0.15, -0.1) is 0 Å². The normalized spacial score (nSPS) is 14.9. The summed E-state index contributed by atoms with van der Waals surface area (Å²) < 4.78 is 10.7. The smallest absolute Gasteiger partial charge is 0.260 e. The molecule has 1 aliphatic heterocycles. The van der Waals surface area contributed by atoms with Gasteiger partial charge < -0.3 is 14.4 Å². The molecule has 0 spiro atoms. The number of hydrogen-bond acceptors (Lipinski definition) is 5. The van der Waals surface area contributed by atoms with Gasteiger partial charge in [-0.2, -0.15) is 5.10 Å². The molecule has 1 aromatic rings.